The molecule has 8 nitrogen and oxygen atoms in total. The second-order valence-corrected chi connectivity index (χ2v) is 7.32. The molecule has 2 N–H and O–H groups in total. The van der Waals surface area contributed by atoms with Gasteiger partial charge in [0.25, 0.3) is 0 Å². The van der Waals surface area contributed by atoms with Crippen molar-refractivity contribution in [3.8, 4) is 11.5 Å². The van der Waals surface area contributed by atoms with Crippen LogP contribution in [0.5, 0.6) is 11.5 Å². The Morgan fingerprint density at radius 3 is 2.57 bits per heavy atom. The van der Waals surface area contributed by atoms with E-state index in [4.69, 9.17) is 9.47 Å². The van der Waals surface area contributed by atoms with Crippen molar-refractivity contribution in [3.05, 3.63) is 48.5 Å². The highest BCUT2D eigenvalue weighted by molar-refractivity contribution is 6.02. The molecule has 1 fully saturated rings. The summed E-state index contributed by atoms with van der Waals surface area (Å²) in [4.78, 5) is 39.0. The quantitative estimate of drug-likeness (QED) is 0.787. The molecule has 2 aromatic carbocycles. The van der Waals surface area contributed by atoms with E-state index < -0.39 is 12.0 Å². The molecule has 0 aliphatic carbocycles. The van der Waals surface area contributed by atoms with Crippen molar-refractivity contribution in [2.75, 3.05) is 30.0 Å². The average molecular weight is 409 g/mol. The largest absolute Gasteiger partial charge is 0.486 e. The van der Waals surface area contributed by atoms with E-state index in [0.717, 1.165) is 5.69 Å². The molecule has 156 valence electrons. The van der Waals surface area contributed by atoms with Gasteiger partial charge < -0.3 is 25.0 Å². The van der Waals surface area contributed by atoms with Crippen LogP contribution in [-0.2, 0) is 14.4 Å². The lowest BCUT2D eigenvalue weighted by Crippen LogP contribution is -2.44. The highest BCUT2D eigenvalue weighted by atomic mass is 16.6. The van der Waals surface area contributed by atoms with Crippen LogP contribution in [0.1, 0.15) is 13.3 Å². The molecule has 0 saturated carbocycles. The Hall–Kier alpha value is -3.55. The molecule has 0 spiro atoms. The summed E-state index contributed by atoms with van der Waals surface area (Å²) in [6.07, 6.45) is 0.122. The molecule has 4 rings (SSSR count). The van der Waals surface area contributed by atoms with Crippen LogP contribution in [0.25, 0.3) is 0 Å². The minimum Gasteiger partial charge on any atom is -0.486 e. The van der Waals surface area contributed by atoms with Gasteiger partial charge in [-0.3, -0.25) is 14.4 Å². The standard InChI is InChI=1S/C22H23N3O5/c1-14(21(27)24-16-7-8-18-19(12-16)30-10-9-29-18)23-22(28)15-11-20(26)25(13-15)17-5-3-2-4-6-17/h2-8,12,14-15H,9-11,13H2,1H3,(H,23,28)(H,24,27)/t14-,15?/m0/s1. The molecule has 1 unspecified atom stereocenters. The first-order valence-corrected chi connectivity index (χ1v) is 9.87. The Morgan fingerprint density at radius 1 is 1.07 bits per heavy atom. The fourth-order valence-corrected chi connectivity index (χ4v) is 3.51. The first-order chi connectivity index (χ1) is 14.5. The molecule has 2 atom stereocenters. The van der Waals surface area contributed by atoms with Crippen LogP contribution in [0.15, 0.2) is 48.5 Å². The monoisotopic (exact) mass is 409 g/mol. The number of hydrogen-bond acceptors (Lipinski definition) is 5. The third-order valence-electron chi connectivity index (χ3n) is 5.13. The van der Waals surface area contributed by atoms with Crippen molar-refractivity contribution >= 4 is 29.1 Å². The lowest BCUT2D eigenvalue weighted by atomic mass is 10.1. The zero-order valence-corrected chi connectivity index (χ0v) is 16.6. The van der Waals surface area contributed by atoms with Crippen LogP contribution in [0.3, 0.4) is 0 Å². The molecule has 30 heavy (non-hydrogen) atoms. The van der Waals surface area contributed by atoms with E-state index in [0.29, 0.717) is 36.9 Å². The average Bonchev–Trinajstić information content (AvgIpc) is 3.16. The van der Waals surface area contributed by atoms with E-state index in [1.165, 1.54) is 0 Å². The number of hydrogen-bond donors (Lipinski definition) is 2. The maximum atomic E-state index is 12.6. The summed E-state index contributed by atoms with van der Waals surface area (Å²) < 4.78 is 11.0. The predicted molar refractivity (Wildman–Crippen MR) is 111 cm³/mol. The topological polar surface area (TPSA) is 97.0 Å². The molecule has 2 aliphatic rings. The summed E-state index contributed by atoms with van der Waals surface area (Å²) in [5.41, 5.74) is 1.32. The molecule has 3 amide bonds. The van der Waals surface area contributed by atoms with E-state index >= 15 is 0 Å². The fraction of sp³-hybridized carbons (Fsp3) is 0.318. The van der Waals surface area contributed by atoms with Gasteiger partial charge in [-0.1, -0.05) is 18.2 Å². The molecule has 0 radical (unpaired) electrons. The Balaban J connectivity index is 1.33. The first kappa shape index (κ1) is 19.8. The number of ether oxygens (including phenoxy) is 2. The first-order valence-electron chi connectivity index (χ1n) is 9.87. The van der Waals surface area contributed by atoms with E-state index in [2.05, 4.69) is 10.6 Å². The highest BCUT2D eigenvalue weighted by Crippen LogP contribution is 2.32. The number of nitrogens with zero attached hydrogens (tertiary/aromatic N) is 1. The summed E-state index contributed by atoms with van der Waals surface area (Å²) >= 11 is 0. The van der Waals surface area contributed by atoms with E-state index in [-0.39, 0.29) is 24.1 Å². The summed E-state index contributed by atoms with van der Waals surface area (Å²) in [6, 6.07) is 13.6. The van der Waals surface area contributed by atoms with Crippen LogP contribution in [-0.4, -0.2) is 43.5 Å². The second kappa shape index (κ2) is 8.44. The summed E-state index contributed by atoms with van der Waals surface area (Å²) in [5.74, 6) is -0.0662. The van der Waals surface area contributed by atoms with Gasteiger partial charge in [0.2, 0.25) is 17.7 Å². The van der Waals surface area contributed by atoms with Gasteiger partial charge >= 0.3 is 0 Å². The smallest absolute Gasteiger partial charge is 0.246 e. The Kier molecular flexibility index (Phi) is 5.56. The van der Waals surface area contributed by atoms with Crippen molar-refractivity contribution < 1.29 is 23.9 Å². The number of para-hydroxylation sites is 1. The van der Waals surface area contributed by atoms with Crippen LogP contribution < -0.4 is 25.0 Å². The number of benzene rings is 2. The van der Waals surface area contributed by atoms with E-state index in [1.54, 1.807) is 30.0 Å². The molecular weight excluding hydrogens is 386 g/mol. The van der Waals surface area contributed by atoms with Crippen molar-refractivity contribution in [3.63, 3.8) is 0 Å². The Labute approximate surface area is 174 Å². The van der Waals surface area contributed by atoms with Gasteiger partial charge in [0.15, 0.2) is 11.5 Å². The normalized spacial score (nSPS) is 18.6. The number of amides is 3. The Bertz CT molecular complexity index is 963. The molecular formula is C22H23N3O5. The summed E-state index contributed by atoms with van der Waals surface area (Å²) in [6.45, 7) is 2.85. The number of fused-ring (bicyclic) bond motifs is 1. The number of anilines is 2. The highest BCUT2D eigenvalue weighted by Gasteiger charge is 2.36. The van der Waals surface area contributed by atoms with Gasteiger partial charge in [-0.15, -0.1) is 0 Å². The Morgan fingerprint density at radius 2 is 1.80 bits per heavy atom. The number of nitrogens with one attached hydrogen (secondary N) is 2. The third-order valence-corrected chi connectivity index (χ3v) is 5.13. The number of rotatable bonds is 5. The van der Waals surface area contributed by atoms with Crippen molar-refractivity contribution in [2.24, 2.45) is 5.92 Å². The van der Waals surface area contributed by atoms with Crippen LogP contribution >= 0.6 is 0 Å². The predicted octanol–water partition coefficient (Wildman–Crippen LogP) is 1.95. The second-order valence-electron chi connectivity index (χ2n) is 7.32. The molecule has 0 aromatic heterocycles. The number of carbonyl (C=O) groups is 3. The summed E-state index contributed by atoms with van der Waals surface area (Å²) in [5, 5.41) is 5.48. The lowest BCUT2D eigenvalue weighted by Gasteiger charge is -2.20. The minimum absolute atomic E-state index is 0.102. The van der Waals surface area contributed by atoms with E-state index in [1.807, 2.05) is 30.3 Å². The van der Waals surface area contributed by atoms with Gasteiger partial charge in [0.05, 0.1) is 5.92 Å². The van der Waals surface area contributed by atoms with Gasteiger partial charge in [0.1, 0.15) is 19.3 Å². The SMILES string of the molecule is C[C@H](NC(=O)C1CC(=O)N(c2ccccc2)C1)C(=O)Nc1ccc2c(c1)OCCO2. The van der Waals surface area contributed by atoms with Crippen LogP contribution in [0.4, 0.5) is 11.4 Å². The van der Waals surface area contributed by atoms with E-state index in [9.17, 15) is 14.4 Å². The molecule has 2 aromatic rings. The van der Waals surface area contributed by atoms with Crippen molar-refractivity contribution in [2.45, 2.75) is 19.4 Å². The molecule has 8 heteroatoms. The van der Waals surface area contributed by atoms with Gasteiger partial charge in [0, 0.05) is 30.4 Å². The van der Waals surface area contributed by atoms with Gasteiger partial charge in [-0.05, 0) is 31.2 Å². The molecule has 2 aliphatic heterocycles. The van der Waals surface area contributed by atoms with Crippen LogP contribution in [0, 0.1) is 5.92 Å². The van der Waals surface area contributed by atoms with Crippen molar-refractivity contribution in [1.29, 1.82) is 0 Å². The lowest BCUT2D eigenvalue weighted by molar-refractivity contribution is -0.129. The van der Waals surface area contributed by atoms with Crippen LogP contribution in [0.2, 0.25) is 0 Å². The molecule has 1 saturated heterocycles. The zero-order chi connectivity index (χ0) is 21.1. The minimum atomic E-state index is -0.758. The molecule has 2 heterocycles. The van der Waals surface area contributed by atoms with Crippen molar-refractivity contribution in [1.82, 2.24) is 5.32 Å². The molecule has 0 bridgehead atoms. The maximum Gasteiger partial charge on any atom is 0.246 e. The van der Waals surface area contributed by atoms with Gasteiger partial charge in [-0.2, -0.15) is 0 Å². The van der Waals surface area contributed by atoms with Gasteiger partial charge in [-0.25, -0.2) is 0 Å². The zero-order valence-electron chi connectivity index (χ0n) is 16.6. The third kappa shape index (κ3) is 4.22. The summed E-state index contributed by atoms with van der Waals surface area (Å²) in [7, 11) is 0. The maximum absolute atomic E-state index is 12.6. The fourth-order valence-electron chi connectivity index (χ4n) is 3.51. The number of carbonyl (C=O) groups excluding carboxylic acids is 3.